The van der Waals surface area contributed by atoms with Crippen molar-refractivity contribution in [2.45, 2.75) is 5.32 Å². The molecule has 0 saturated carbocycles. The number of para-hydroxylation sites is 1. The standard InChI is InChI=1S/C18H23N2OSe/c1-19(2)18(20(3)4)22-14-15-10-12-17(13-11-15)21-16-8-6-5-7-9-16/h5-13H,14H2,1-4H3/q+1. The molecule has 0 aliphatic heterocycles. The van der Waals surface area contributed by atoms with Crippen LogP contribution in [-0.2, 0) is 5.32 Å². The van der Waals surface area contributed by atoms with Gasteiger partial charge in [-0.05, 0) is 0 Å². The summed E-state index contributed by atoms with van der Waals surface area (Å²) in [6, 6.07) is 18.3. The van der Waals surface area contributed by atoms with E-state index in [4.69, 9.17) is 4.74 Å². The molecule has 0 N–H and O–H groups in total. The van der Waals surface area contributed by atoms with Crippen LogP contribution >= 0.6 is 0 Å². The van der Waals surface area contributed by atoms with Crippen LogP contribution in [0.15, 0.2) is 54.6 Å². The van der Waals surface area contributed by atoms with E-state index in [9.17, 15) is 0 Å². The first kappa shape index (κ1) is 16.6. The van der Waals surface area contributed by atoms with Crippen LogP contribution in [0.5, 0.6) is 11.5 Å². The third kappa shape index (κ3) is 4.90. The third-order valence-corrected chi connectivity index (χ3v) is 6.11. The molecule has 0 atom stereocenters. The predicted molar refractivity (Wildman–Crippen MR) is 93.2 cm³/mol. The molecule has 0 aliphatic carbocycles. The molecule has 2 aromatic carbocycles. The van der Waals surface area contributed by atoms with Gasteiger partial charge in [0, 0.05) is 0 Å². The maximum absolute atomic E-state index is 5.82. The second-order valence-electron chi connectivity index (χ2n) is 5.42. The Balaban J connectivity index is 1.96. The summed E-state index contributed by atoms with van der Waals surface area (Å²) in [6.45, 7) is 0. The fourth-order valence-corrected chi connectivity index (χ4v) is 4.19. The minimum atomic E-state index is 0.425. The Hall–Kier alpha value is -1.77. The molecule has 0 aliphatic rings. The molecule has 0 radical (unpaired) electrons. The van der Waals surface area contributed by atoms with Crippen molar-refractivity contribution >= 4 is 19.7 Å². The maximum atomic E-state index is 5.82. The van der Waals surface area contributed by atoms with Crippen LogP contribution in [0.2, 0.25) is 0 Å². The van der Waals surface area contributed by atoms with Crippen molar-refractivity contribution in [1.29, 1.82) is 0 Å². The van der Waals surface area contributed by atoms with E-state index in [0.29, 0.717) is 15.0 Å². The molecule has 0 aromatic heterocycles. The van der Waals surface area contributed by atoms with Crippen molar-refractivity contribution in [3.63, 3.8) is 0 Å². The number of rotatable bonds is 5. The van der Waals surface area contributed by atoms with E-state index in [1.54, 1.807) is 0 Å². The number of ether oxygens (including phenoxy) is 1. The van der Waals surface area contributed by atoms with Gasteiger partial charge >= 0.3 is 139 Å². The van der Waals surface area contributed by atoms with Crippen LogP contribution in [0.3, 0.4) is 0 Å². The van der Waals surface area contributed by atoms with Crippen molar-refractivity contribution in [2.75, 3.05) is 28.2 Å². The fraction of sp³-hybridized carbons (Fsp3) is 0.278. The summed E-state index contributed by atoms with van der Waals surface area (Å²) in [5.74, 6) is 1.75. The number of hydrogen-bond donors (Lipinski definition) is 0. The molecule has 2 aromatic rings. The van der Waals surface area contributed by atoms with Crippen LogP contribution in [-0.4, -0.2) is 57.4 Å². The van der Waals surface area contributed by atoms with Gasteiger partial charge in [-0.2, -0.15) is 0 Å². The van der Waals surface area contributed by atoms with Crippen LogP contribution < -0.4 is 4.74 Å². The molecule has 0 saturated heterocycles. The average Bonchev–Trinajstić information content (AvgIpc) is 2.49. The van der Waals surface area contributed by atoms with E-state index < -0.39 is 0 Å². The molecule has 0 unspecified atom stereocenters. The first-order chi connectivity index (χ1) is 10.6. The van der Waals surface area contributed by atoms with Gasteiger partial charge in [-0.15, -0.1) is 0 Å². The van der Waals surface area contributed by atoms with Gasteiger partial charge in [0.15, 0.2) is 0 Å². The quantitative estimate of drug-likeness (QED) is 0.352. The Kier molecular flexibility index (Phi) is 6.05. The van der Waals surface area contributed by atoms with Gasteiger partial charge in [0.2, 0.25) is 0 Å². The van der Waals surface area contributed by atoms with Crippen molar-refractivity contribution in [3.8, 4) is 11.5 Å². The molecule has 0 heterocycles. The summed E-state index contributed by atoms with van der Waals surface area (Å²) in [6.07, 6.45) is 0. The summed E-state index contributed by atoms with van der Waals surface area (Å²) in [7, 11) is 8.42. The molecular weight excluding hydrogens is 339 g/mol. The first-order valence-corrected chi connectivity index (χ1v) is 9.29. The summed E-state index contributed by atoms with van der Waals surface area (Å²) < 4.78 is 9.41. The second kappa shape index (κ2) is 8.02. The molecule has 22 heavy (non-hydrogen) atoms. The Bertz CT molecular complexity index is 617. The van der Waals surface area contributed by atoms with E-state index in [-0.39, 0.29) is 0 Å². The minimum absolute atomic E-state index is 0.425. The van der Waals surface area contributed by atoms with E-state index in [1.165, 1.54) is 10.3 Å². The summed E-state index contributed by atoms with van der Waals surface area (Å²) in [5.41, 5.74) is 1.35. The molecular formula is C18H23N2OSe+. The molecule has 0 spiro atoms. The Morgan fingerprint density at radius 1 is 0.955 bits per heavy atom. The van der Waals surface area contributed by atoms with E-state index >= 15 is 0 Å². The zero-order chi connectivity index (χ0) is 15.9. The summed E-state index contributed by atoms with van der Waals surface area (Å²) >= 11 is 0.425. The monoisotopic (exact) mass is 363 g/mol. The summed E-state index contributed by atoms with van der Waals surface area (Å²) in [5, 5.41) is 1.09. The van der Waals surface area contributed by atoms with Gasteiger partial charge in [0.1, 0.15) is 0 Å². The van der Waals surface area contributed by atoms with Gasteiger partial charge in [-0.25, -0.2) is 0 Å². The van der Waals surface area contributed by atoms with Gasteiger partial charge in [0.25, 0.3) is 0 Å². The number of amidine groups is 1. The molecule has 4 heteroatoms. The predicted octanol–water partition coefficient (Wildman–Crippen LogP) is 2.87. The van der Waals surface area contributed by atoms with E-state index in [0.717, 1.165) is 16.8 Å². The first-order valence-electron chi connectivity index (χ1n) is 7.22. The Morgan fingerprint density at radius 2 is 1.55 bits per heavy atom. The van der Waals surface area contributed by atoms with Gasteiger partial charge in [-0.3, -0.25) is 0 Å². The van der Waals surface area contributed by atoms with Crippen LogP contribution in [0.25, 0.3) is 0 Å². The van der Waals surface area contributed by atoms with Gasteiger partial charge in [0.05, 0.1) is 0 Å². The number of benzene rings is 2. The molecule has 0 fully saturated rings. The fourth-order valence-electron chi connectivity index (χ4n) is 2.08. The third-order valence-electron chi connectivity index (χ3n) is 3.04. The number of nitrogens with zero attached hydrogens (tertiary/aromatic N) is 2. The molecule has 0 bridgehead atoms. The Labute approximate surface area is 139 Å². The Morgan fingerprint density at radius 3 is 2.09 bits per heavy atom. The molecule has 0 amide bonds. The van der Waals surface area contributed by atoms with Gasteiger partial charge < -0.3 is 0 Å². The van der Waals surface area contributed by atoms with Crippen LogP contribution in [0.4, 0.5) is 0 Å². The van der Waals surface area contributed by atoms with Crippen LogP contribution in [0, 0.1) is 0 Å². The molecule has 116 valence electrons. The zero-order valence-electron chi connectivity index (χ0n) is 13.6. The van der Waals surface area contributed by atoms with Crippen LogP contribution in [0.1, 0.15) is 5.56 Å². The normalized spacial score (nSPS) is 10.2. The topological polar surface area (TPSA) is 15.5 Å². The van der Waals surface area contributed by atoms with Crippen molar-refractivity contribution in [2.24, 2.45) is 0 Å². The van der Waals surface area contributed by atoms with E-state index in [1.807, 2.05) is 42.5 Å². The SMILES string of the molecule is CN(C)C([Se]Cc1ccc(Oc2ccccc2)cc1)=[N+](C)C. The second-order valence-corrected chi connectivity index (χ2v) is 7.40. The number of hydrogen-bond acceptors (Lipinski definition) is 1. The van der Waals surface area contributed by atoms with Crippen molar-refractivity contribution < 1.29 is 9.31 Å². The summed E-state index contributed by atoms with van der Waals surface area (Å²) in [4.78, 5) is 2.20. The zero-order valence-corrected chi connectivity index (χ0v) is 15.3. The average molecular weight is 362 g/mol. The molecule has 3 nitrogen and oxygen atoms in total. The van der Waals surface area contributed by atoms with Crippen molar-refractivity contribution in [1.82, 2.24) is 4.90 Å². The van der Waals surface area contributed by atoms with E-state index in [2.05, 4.69) is 49.8 Å². The molecule has 2 rings (SSSR count). The van der Waals surface area contributed by atoms with Crippen molar-refractivity contribution in [3.05, 3.63) is 60.2 Å². The van der Waals surface area contributed by atoms with Gasteiger partial charge in [-0.1, -0.05) is 0 Å².